The van der Waals surface area contributed by atoms with E-state index in [1.807, 2.05) is 30.4 Å². The summed E-state index contributed by atoms with van der Waals surface area (Å²) in [5.74, 6) is -0.233. The molecule has 0 fully saturated rings. The van der Waals surface area contributed by atoms with Gasteiger partial charge in [-0.15, -0.1) is 0 Å². The van der Waals surface area contributed by atoms with Crippen molar-refractivity contribution >= 4 is 15.4 Å². The molecule has 1 aromatic rings. The van der Waals surface area contributed by atoms with Gasteiger partial charge in [0.2, 0.25) is 0 Å². The quantitative estimate of drug-likeness (QED) is 0.813. The Labute approximate surface area is 136 Å². The van der Waals surface area contributed by atoms with Crippen LogP contribution in [0.2, 0.25) is 0 Å². The SMILES string of the molecule is CS(=O)(=O)C1=CC=C(C2=C(c3ccc(F)cc3)CCC2)C=CC1. The topological polar surface area (TPSA) is 34.1 Å². The van der Waals surface area contributed by atoms with Gasteiger partial charge in [-0.1, -0.05) is 30.4 Å². The van der Waals surface area contributed by atoms with Crippen molar-refractivity contribution in [2.45, 2.75) is 25.7 Å². The third kappa shape index (κ3) is 3.53. The Morgan fingerprint density at radius 1 is 1.00 bits per heavy atom. The normalized spacial score (nSPS) is 18.7. The van der Waals surface area contributed by atoms with Crippen LogP contribution in [0.3, 0.4) is 0 Å². The molecule has 0 N–H and O–H groups in total. The Morgan fingerprint density at radius 2 is 1.70 bits per heavy atom. The summed E-state index contributed by atoms with van der Waals surface area (Å²) in [6.45, 7) is 0. The summed E-state index contributed by atoms with van der Waals surface area (Å²) in [6, 6.07) is 6.60. The van der Waals surface area contributed by atoms with Crippen LogP contribution in [-0.2, 0) is 9.84 Å². The maximum Gasteiger partial charge on any atom is 0.172 e. The Bertz CT molecular complexity index is 838. The number of rotatable bonds is 3. The number of halogens is 1. The van der Waals surface area contributed by atoms with E-state index >= 15 is 0 Å². The molecule has 0 radical (unpaired) electrons. The zero-order chi connectivity index (χ0) is 16.4. The molecule has 23 heavy (non-hydrogen) atoms. The molecule has 0 saturated carbocycles. The predicted molar refractivity (Wildman–Crippen MR) is 91.9 cm³/mol. The highest BCUT2D eigenvalue weighted by molar-refractivity contribution is 7.94. The lowest BCUT2D eigenvalue weighted by molar-refractivity contribution is 0.606. The van der Waals surface area contributed by atoms with Gasteiger partial charge in [0, 0.05) is 17.6 Å². The second-order valence-electron chi connectivity index (χ2n) is 5.95. The van der Waals surface area contributed by atoms with Gasteiger partial charge in [-0.3, -0.25) is 0 Å². The van der Waals surface area contributed by atoms with Gasteiger partial charge in [-0.25, -0.2) is 12.8 Å². The average Bonchev–Trinajstić information content (AvgIpc) is 2.84. The van der Waals surface area contributed by atoms with Crippen LogP contribution in [0.4, 0.5) is 4.39 Å². The van der Waals surface area contributed by atoms with Crippen molar-refractivity contribution in [1.82, 2.24) is 0 Å². The van der Waals surface area contributed by atoms with E-state index < -0.39 is 9.84 Å². The molecule has 0 atom stereocenters. The first-order valence-electron chi connectivity index (χ1n) is 7.71. The minimum Gasteiger partial charge on any atom is -0.224 e. The fraction of sp³-hybridized carbons (Fsp3) is 0.263. The van der Waals surface area contributed by atoms with E-state index in [-0.39, 0.29) is 5.82 Å². The highest BCUT2D eigenvalue weighted by atomic mass is 32.2. The van der Waals surface area contributed by atoms with Gasteiger partial charge >= 0.3 is 0 Å². The molecule has 0 unspecified atom stereocenters. The van der Waals surface area contributed by atoms with E-state index in [4.69, 9.17) is 0 Å². The van der Waals surface area contributed by atoms with Crippen molar-refractivity contribution in [3.8, 4) is 0 Å². The first-order chi connectivity index (χ1) is 10.9. The standard InChI is InChI=1S/C19H19FO2S/c1-23(21,22)17-5-2-4-14(10-13-17)18-6-3-7-19(18)15-8-11-16(20)12-9-15/h2,4,8-13H,3,5-7H2,1H3. The summed E-state index contributed by atoms with van der Waals surface area (Å²) in [6.07, 6.45) is 12.2. The maximum absolute atomic E-state index is 13.1. The molecule has 4 heteroatoms. The molecule has 0 amide bonds. The number of allylic oxidation sites excluding steroid dienone is 8. The summed E-state index contributed by atoms with van der Waals surface area (Å²) in [5.41, 5.74) is 4.57. The molecule has 0 spiro atoms. The summed E-state index contributed by atoms with van der Waals surface area (Å²) in [5, 5.41) is 0. The van der Waals surface area contributed by atoms with E-state index in [0.717, 1.165) is 30.4 Å². The molecular weight excluding hydrogens is 311 g/mol. The van der Waals surface area contributed by atoms with Crippen LogP contribution in [0.15, 0.2) is 64.6 Å². The van der Waals surface area contributed by atoms with Gasteiger partial charge in [-0.2, -0.15) is 0 Å². The fourth-order valence-corrected chi connectivity index (χ4v) is 3.83. The Hall–Kier alpha value is -1.94. The van der Waals surface area contributed by atoms with Gasteiger partial charge < -0.3 is 0 Å². The Morgan fingerprint density at radius 3 is 2.39 bits per heavy atom. The fourth-order valence-electron chi connectivity index (χ4n) is 3.12. The lowest BCUT2D eigenvalue weighted by Gasteiger charge is -2.09. The molecule has 2 aliphatic rings. The van der Waals surface area contributed by atoms with E-state index in [1.54, 1.807) is 6.08 Å². The molecular formula is C19H19FO2S. The molecule has 2 aliphatic carbocycles. The molecule has 0 saturated heterocycles. The van der Waals surface area contributed by atoms with Crippen molar-refractivity contribution < 1.29 is 12.8 Å². The van der Waals surface area contributed by atoms with Gasteiger partial charge in [0.25, 0.3) is 0 Å². The zero-order valence-electron chi connectivity index (χ0n) is 13.0. The van der Waals surface area contributed by atoms with Gasteiger partial charge in [-0.05, 0) is 59.8 Å². The lowest BCUT2D eigenvalue weighted by Crippen LogP contribution is -1.99. The lowest BCUT2D eigenvalue weighted by atomic mass is 9.96. The minimum atomic E-state index is -3.16. The largest absolute Gasteiger partial charge is 0.224 e. The highest BCUT2D eigenvalue weighted by Crippen LogP contribution is 2.38. The van der Waals surface area contributed by atoms with Crippen LogP contribution >= 0.6 is 0 Å². The van der Waals surface area contributed by atoms with Crippen molar-refractivity contribution in [2.24, 2.45) is 0 Å². The predicted octanol–water partition coefficient (Wildman–Crippen LogP) is 4.58. The average molecular weight is 330 g/mol. The van der Waals surface area contributed by atoms with Crippen molar-refractivity contribution in [3.05, 3.63) is 76.0 Å². The molecule has 2 nitrogen and oxygen atoms in total. The summed E-state index contributed by atoms with van der Waals surface area (Å²) in [7, 11) is -3.16. The third-order valence-electron chi connectivity index (χ3n) is 4.30. The minimum absolute atomic E-state index is 0.233. The summed E-state index contributed by atoms with van der Waals surface area (Å²) < 4.78 is 36.5. The van der Waals surface area contributed by atoms with Crippen LogP contribution in [-0.4, -0.2) is 14.7 Å². The number of hydrogen-bond acceptors (Lipinski definition) is 2. The summed E-state index contributed by atoms with van der Waals surface area (Å²) >= 11 is 0. The third-order valence-corrected chi connectivity index (χ3v) is 5.56. The number of sulfone groups is 1. The van der Waals surface area contributed by atoms with Crippen molar-refractivity contribution in [2.75, 3.05) is 6.26 Å². The van der Waals surface area contributed by atoms with E-state index in [0.29, 0.717) is 11.3 Å². The Balaban J connectivity index is 2.02. The van der Waals surface area contributed by atoms with Crippen LogP contribution in [0.5, 0.6) is 0 Å². The zero-order valence-corrected chi connectivity index (χ0v) is 13.9. The number of hydrogen-bond donors (Lipinski definition) is 0. The van der Waals surface area contributed by atoms with Crippen LogP contribution < -0.4 is 0 Å². The van der Waals surface area contributed by atoms with Crippen LogP contribution in [0.25, 0.3) is 5.57 Å². The Kier molecular flexibility index (Phi) is 4.35. The molecule has 0 bridgehead atoms. The van der Waals surface area contributed by atoms with E-state index in [9.17, 15) is 12.8 Å². The monoisotopic (exact) mass is 330 g/mol. The molecule has 1 aromatic carbocycles. The molecule has 0 aliphatic heterocycles. The number of benzene rings is 1. The molecule has 0 aromatic heterocycles. The van der Waals surface area contributed by atoms with Gasteiger partial charge in [0.1, 0.15) is 5.82 Å². The van der Waals surface area contributed by atoms with Crippen molar-refractivity contribution in [1.29, 1.82) is 0 Å². The highest BCUT2D eigenvalue weighted by Gasteiger charge is 2.19. The van der Waals surface area contributed by atoms with Gasteiger partial charge in [0.15, 0.2) is 9.84 Å². The van der Waals surface area contributed by atoms with Crippen LogP contribution in [0.1, 0.15) is 31.2 Å². The maximum atomic E-state index is 13.1. The van der Waals surface area contributed by atoms with E-state index in [2.05, 4.69) is 0 Å². The van der Waals surface area contributed by atoms with Gasteiger partial charge in [0.05, 0.1) is 0 Å². The molecule has 3 rings (SSSR count). The molecule has 0 heterocycles. The van der Waals surface area contributed by atoms with Crippen LogP contribution in [0, 0.1) is 5.82 Å². The summed E-state index contributed by atoms with van der Waals surface area (Å²) in [4.78, 5) is 0.436. The second kappa shape index (κ2) is 6.28. The smallest absolute Gasteiger partial charge is 0.172 e. The second-order valence-corrected chi connectivity index (χ2v) is 8.02. The molecule has 120 valence electrons. The van der Waals surface area contributed by atoms with E-state index in [1.165, 1.54) is 29.5 Å². The first kappa shape index (κ1) is 15.9. The first-order valence-corrected chi connectivity index (χ1v) is 9.60. The van der Waals surface area contributed by atoms with Crippen molar-refractivity contribution in [3.63, 3.8) is 0 Å².